The van der Waals surface area contributed by atoms with Gasteiger partial charge in [-0.05, 0) is 43.8 Å². The molecule has 0 aliphatic carbocycles. The minimum atomic E-state index is -0.222. The summed E-state index contributed by atoms with van der Waals surface area (Å²) < 4.78 is 5.67. The number of urea groups is 1. The van der Waals surface area contributed by atoms with Gasteiger partial charge in [-0.3, -0.25) is 4.90 Å². The Hall–Kier alpha value is -1.30. The number of amides is 2. The molecule has 130 valence electrons. The predicted molar refractivity (Wildman–Crippen MR) is 96.3 cm³/mol. The third kappa shape index (κ3) is 7.68. The van der Waals surface area contributed by atoms with Crippen LogP contribution in [0.3, 0.4) is 0 Å². The first kappa shape index (κ1) is 19.7. The molecule has 0 aromatic heterocycles. The van der Waals surface area contributed by atoms with Gasteiger partial charge in [-0.15, -0.1) is 0 Å². The van der Waals surface area contributed by atoms with Gasteiger partial charge in [0.05, 0.1) is 12.6 Å². The first-order valence-corrected chi connectivity index (χ1v) is 8.60. The molecule has 2 amide bonds. The van der Waals surface area contributed by atoms with Crippen LogP contribution in [0, 0.1) is 0 Å². The smallest absolute Gasteiger partial charge is 0.319 e. The van der Waals surface area contributed by atoms with E-state index in [4.69, 9.17) is 16.3 Å². The molecule has 5 nitrogen and oxygen atoms in total. The number of anilines is 1. The fourth-order valence-electron chi connectivity index (χ4n) is 2.32. The summed E-state index contributed by atoms with van der Waals surface area (Å²) in [5, 5.41) is 6.36. The molecule has 1 unspecified atom stereocenters. The summed E-state index contributed by atoms with van der Waals surface area (Å²) in [4.78, 5) is 14.3. The van der Waals surface area contributed by atoms with E-state index in [1.165, 1.54) is 0 Å². The van der Waals surface area contributed by atoms with Crippen LogP contribution in [0.25, 0.3) is 0 Å². The van der Waals surface area contributed by atoms with E-state index in [9.17, 15) is 4.79 Å². The highest BCUT2D eigenvalue weighted by atomic mass is 35.5. The Labute approximate surface area is 144 Å². The van der Waals surface area contributed by atoms with Crippen molar-refractivity contribution in [2.24, 2.45) is 0 Å². The van der Waals surface area contributed by atoms with Crippen molar-refractivity contribution in [1.82, 2.24) is 10.2 Å². The van der Waals surface area contributed by atoms with Crippen molar-refractivity contribution >= 4 is 23.3 Å². The molecule has 0 radical (unpaired) electrons. The average molecular weight is 342 g/mol. The van der Waals surface area contributed by atoms with Crippen molar-refractivity contribution in [3.63, 3.8) is 0 Å². The van der Waals surface area contributed by atoms with E-state index in [0.717, 1.165) is 26.1 Å². The standard InChI is InChI=1S/C17H28ClN3O2/c1-4-11-23-13-16(21(5-2)6-3)12-19-17(22)20-15-9-7-14(18)8-10-15/h7-10,16H,4-6,11-13H2,1-3H3,(H2,19,20,22). The highest BCUT2D eigenvalue weighted by Gasteiger charge is 2.17. The van der Waals surface area contributed by atoms with Gasteiger partial charge in [0.25, 0.3) is 0 Å². The van der Waals surface area contributed by atoms with Crippen LogP contribution in [0.1, 0.15) is 27.2 Å². The van der Waals surface area contributed by atoms with Gasteiger partial charge in [0, 0.05) is 23.9 Å². The van der Waals surface area contributed by atoms with Gasteiger partial charge in [0.15, 0.2) is 0 Å². The third-order valence-electron chi connectivity index (χ3n) is 3.59. The predicted octanol–water partition coefficient (Wildman–Crippen LogP) is 3.60. The van der Waals surface area contributed by atoms with E-state index < -0.39 is 0 Å². The van der Waals surface area contributed by atoms with Crippen LogP contribution >= 0.6 is 11.6 Å². The molecule has 2 N–H and O–H groups in total. The van der Waals surface area contributed by atoms with Crippen molar-refractivity contribution in [1.29, 1.82) is 0 Å². The van der Waals surface area contributed by atoms with Crippen LogP contribution in [0.5, 0.6) is 0 Å². The van der Waals surface area contributed by atoms with Crippen LogP contribution in [0.15, 0.2) is 24.3 Å². The minimum Gasteiger partial charge on any atom is -0.380 e. The molecule has 0 saturated heterocycles. The number of carbonyl (C=O) groups excluding carboxylic acids is 1. The molecule has 23 heavy (non-hydrogen) atoms. The Kier molecular flexibility index (Phi) is 9.67. The van der Waals surface area contributed by atoms with Crippen LogP contribution in [-0.2, 0) is 4.74 Å². The largest absolute Gasteiger partial charge is 0.380 e. The second kappa shape index (κ2) is 11.3. The molecule has 1 rings (SSSR count). The first-order valence-electron chi connectivity index (χ1n) is 8.22. The lowest BCUT2D eigenvalue weighted by molar-refractivity contribution is 0.0646. The molecule has 1 aromatic carbocycles. The number of likely N-dealkylation sites (N-methyl/N-ethyl adjacent to an activating group) is 1. The minimum absolute atomic E-state index is 0.174. The molecule has 0 saturated carbocycles. The molecule has 0 aliphatic heterocycles. The number of rotatable bonds is 10. The maximum absolute atomic E-state index is 12.0. The molecule has 0 heterocycles. The first-order chi connectivity index (χ1) is 11.1. The lowest BCUT2D eigenvalue weighted by Crippen LogP contribution is -2.47. The molecule has 0 spiro atoms. The maximum Gasteiger partial charge on any atom is 0.319 e. The van der Waals surface area contributed by atoms with Crippen LogP contribution < -0.4 is 10.6 Å². The van der Waals surface area contributed by atoms with Gasteiger partial charge >= 0.3 is 6.03 Å². The van der Waals surface area contributed by atoms with Gasteiger partial charge in [0.1, 0.15) is 0 Å². The van der Waals surface area contributed by atoms with Gasteiger partial charge in [-0.25, -0.2) is 4.79 Å². The van der Waals surface area contributed by atoms with E-state index in [-0.39, 0.29) is 12.1 Å². The number of ether oxygens (including phenoxy) is 1. The van der Waals surface area contributed by atoms with Crippen molar-refractivity contribution in [2.75, 3.05) is 38.2 Å². The summed E-state index contributed by atoms with van der Waals surface area (Å²) in [6.45, 7) is 10.1. The van der Waals surface area contributed by atoms with Crippen molar-refractivity contribution < 1.29 is 9.53 Å². The topological polar surface area (TPSA) is 53.6 Å². The lowest BCUT2D eigenvalue weighted by Gasteiger charge is -2.29. The second-order valence-corrected chi connectivity index (χ2v) is 5.73. The second-order valence-electron chi connectivity index (χ2n) is 5.29. The zero-order valence-corrected chi connectivity index (χ0v) is 15.0. The molecule has 1 atom stereocenters. The highest BCUT2D eigenvalue weighted by molar-refractivity contribution is 6.30. The third-order valence-corrected chi connectivity index (χ3v) is 3.84. The van der Waals surface area contributed by atoms with E-state index >= 15 is 0 Å². The van der Waals surface area contributed by atoms with E-state index in [0.29, 0.717) is 23.9 Å². The van der Waals surface area contributed by atoms with E-state index in [1.807, 2.05) is 0 Å². The molecular formula is C17H28ClN3O2. The quantitative estimate of drug-likeness (QED) is 0.639. The lowest BCUT2D eigenvalue weighted by atomic mass is 10.2. The Balaban J connectivity index is 2.48. The summed E-state index contributed by atoms with van der Waals surface area (Å²) in [5.41, 5.74) is 0.716. The van der Waals surface area contributed by atoms with Crippen LogP contribution in [0.2, 0.25) is 5.02 Å². The molecule has 0 fully saturated rings. The number of hydrogen-bond donors (Lipinski definition) is 2. The van der Waals surface area contributed by atoms with Crippen molar-refractivity contribution in [3.8, 4) is 0 Å². The Morgan fingerprint density at radius 3 is 2.43 bits per heavy atom. The van der Waals surface area contributed by atoms with Gasteiger partial charge in [-0.2, -0.15) is 0 Å². The molecule has 1 aromatic rings. The Bertz CT molecular complexity index is 450. The normalized spacial score (nSPS) is 12.2. The SMILES string of the molecule is CCCOCC(CNC(=O)Nc1ccc(Cl)cc1)N(CC)CC. The number of halogens is 1. The molecule has 6 heteroatoms. The fourth-order valence-corrected chi connectivity index (χ4v) is 2.44. The van der Waals surface area contributed by atoms with Gasteiger partial charge in [-0.1, -0.05) is 32.4 Å². The molecule has 0 aliphatic rings. The van der Waals surface area contributed by atoms with Gasteiger partial charge in [0.2, 0.25) is 0 Å². The van der Waals surface area contributed by atoms with Crippen LogP contribution in [0.4, 0.5) is 10.5 Å². The number of carbonyl (C=O) groups is 1. The number of nitrogens with one attached hydrogen (secondary N) is 2. The Morgan fingerprint density at radius 1 is 1.22 bits per heavy atom. The number of hydrogen-bond acceptors (Lipinski definition) is 3. The number of nitrogens with zero attached hydrogens (tertiary/aromatic N) is 1. The van der Waals surface area contributed by atoms with E-state index in [2.05, 4.69) is 36.3 Å². The molecular weight excluding hydrogens is 314 g/mol. The summed E-state index contributed by atoms with van der Waals surface area (Å²) in [6, 6.07) is 6.98. The van der Waals surface area contributed by atoms with E-state index in [1.54, 1.807) is 24.3 Å². The van der Waals surface area contributed by atoms with Crippen molar-refractivity contribution in [2.45, 2.75) is 33.2 Å². The van der Waals surface area contributed by atoms with Crippen molar-refractivity contribution in [3.05, 3.63) is 29.3 Å². The van der Waals surface area contributed by atoms with Crippen LogP contribution in [-0.4, -0.2) is 49.8 Å². The number of benzene rings is 1. The zero-order valence-electron chi connectivity index (χ0n) is 14.3. The average Bonchev–Trinajstić information content (AvgIpc) is 2.55. The van der Waals surface area contributed by atoms with Gasteiger partial charge < -0.3 is 15.4 Å². The molecule has 0 bridgehead atoms. The summed E-state index contributed by atoms with van der Waals surface area (Å²) in [7, 11) is 0. The summed E-state index contributed by atoms with van der Waals surface area (Å²) in [5.74, 6) is 0. The monoisotopic (exact) mass is 341 g/mol. The maximum atomic E-state index is 12.0. The summed E-state index contributed by atoms with van der Waals surface area (Å²) in [6.07, 6.45) is 0.995. The zero-order chi connectivity index (χ0) is 17.1. The fraction of sp³-hybridized carbons (Fsp3) is 0.588. The Morgan fingerprint density at radius 2 is 1.87 bits per heavy atom. The highest BCUT2D eigenvalue weighted by Crippen LogP contribution is 2.13. The summed E-state index contributed by atoms with van der Waals surface area (Å²) >= 11 is 5.83.